The topological polar surface area (TPSA) is 87.5 Å². The van der Waals surface area contributed by atoms with Gasteiger partial charge in [0, 0.05) is 5.57 Å². The number of rotatable bonds is 5. The average molecular weight is 419 g/mol. The number of carbonyl (C=O) groups excluding carboxylic acids is 3. The van der Waals surface area contributed by atoms with Gasteiger partial charge >= 0.3 is 5.97 Å². The van der Waals surface area contributed by atoms with Crippen molar-refractivity contribution in [3.05, 3.63) is 23.3 Å². The van der Waals surface area contributed by atoms with Crippen molar-refractivity contribution in [1.29, 1.82) is 5.26 Å². The van der Waals surface area contributed by atoms with Gasteiger partial charge in [-0.1, -0.05) is 62.0 Å². The normalized spacial score (nSPS) is 17.1. The Morgan fingerprint density at radius 3 is 1.97 bits per heavy atom. The molecule has 6 heteroatoms. The van der Waals surface area contributed by atoms with Crippen LogP contribution in [0.15, 0.2) is 23.3 Å². The Hall–Kier alpha value is -2.42. The Bertz CT molecular complexity index is 772. The van der Waals surface area contributed by atoms with Crippen molar-refractivity contribution >= 4 is 17.8 Å². The van der Waals surface area contributed by atoms with E-state index in [0.29, 0.717) is 6.42 Å². The summed E-state index contributed by atoms with van der Waals surface area (Å²) in [6.07, 6.45) is 0.626. The van der Waals surface area contributed by atoms with Gasteiger partial charge in [-0.25, -0.2) is 0 Å². The Morgan fingerprint density at radius 2 is 1.57 bits per heavy atom. The molecule has 1 aliphatic heterocycles. The summed E-state index contributed by atoms with van der Waals surface area (Å²) in [5, 5.41) is 9.18. The van der Waals surface area contributed by atoms with Gasteiger partial charge in [0.15, 0.2) is 0 Å². The van der Waals surface area contributed by atoms with Crippen molar-refractivity contribution in [3.63, 3.8) is 0 Å². The molecule has 0 aromatic heterocycles. The smallest absolute Gasteiger partial charge is 0.312 e. The standard InChI is InChI=1S/C22H32N2O4.C2H6/c1-14-15(2)17(25)24(18(26)16(14)12-23)10-11-28-19(27)22(9,21(6,7)8)13-20(3,4)5;1-2/h2,10-11,13H2,1,3-9H3;1-2H3. The third-order valence-corrected chi connectivity index (χ3v) is 5.44. The van der Waals surface area contributed by atoms with E-state index in [0.717, 1.165) is 4.90 Å². The van der Waals surface area contributed by atoms with Crippen LogP contribution in [0.3, 0.4) is 0 Å². The first kappa shape index (κ1) is 27.6. The van der Waals surface area contributed by atoms with Crippen LogP contribution in [0.2, 0.25) is 0 Å². The number of ether oxygens (including phenoxy) is 1. The molecule has 30 heavy (non-hydrogen) atoms. The fraction of sp³-hybridized carbons (Fsp3) is 0.667. The van der Waals surface area contributed by atoms with Gasteiger partial charge < -0.3 is 4.74 Å². The van der Waals surface area contributed by atoms with Gasteiger partial charge in [-0.3, -0.25) is 19.3 Å². The summed E-state index contributed by atoms with van der Waals surface area (Å²) >= 11 is 0. The van der Waals surface area contributed by atoms with Gasteiger partial charge in [-0.05, 0) is 36.7 Å². The van der Waals surface area contributed by atoms with Crippen LogP contribution in [0.25, 0.3) is 0 Å². The number of amides is 2. The summed E-state index contributed by atoms with van der Waals surface area (Å²) in [5.41, 5.74) is -0.870. The molecule has 6 nitrogen and oxygen atoms in total. The van der Waals surface area contributed by atoms with Gasteiger partial charge in [-0.15, -0.1) is 0 Å². The van der Waals surface area contributed by atoms with E-state index in [1.807, 2.05) is 47.6 Å². The Balaban J connectivity index is 0.00000407. The molecule has 0 spiro atoms. The van der Waals surface area contributed by atoms with Crippen molar-refractivity contribution in [1.82, 2.24) is 4.90 Å². The first-order valence-corrected chi connectivity index (χ1v) is 10.4. The third-order valence-electron chi connectivity index (χ3n) is 5.44. The molecule has 1 heterocycles. The predicted octanol–water partition coefficient (Wildman–Crippen LogP) is 4.81. The molecule has 0 saturated heterocycles. The number of imide groups is 1. The highest BCUT2D eigenvalue weighted by Gasteiger charge is 2.47. The van der Waals surface area contributed by atoms with Crippen LogP contribution < -0.4 is 0 Å². The maximum absolute atomic E-state index is 12.9. The zero-order chi connectivity index (χ0) is 24.1. The molecule has 0 saturated carbocycles. The molecule has 0 radical (unpaired) electrons. The molecule has 0 N–H and O–H groups in total. The van der Waals surface area contributed by atoms with Crippen molar-refractivity contribution in [2.75, 3.05) is 13.2 Å². The molecule has 1 atom stereocenters. The molecule has 0 aliphatic carbocycles. The lowest BCUT2D eigenvalue weighted by Crippen LogP contribution is -2.47. The van der Waals surface area contributed by atoms with Crippen LogP contribution in [-0.2, 0) is 19.1 Å². The van der Waals surface area contributed by atoms with Crippen LogP contribution in [0, 0.1) is 27.6 Å². The van der Waals surface area contributed by atoms with E-state index < -0.39 is 17.2 Å². The lowest BCUT2D eigenvalue weighted by molar-refractivity contribution is -0.166. The van der Waals surface area contributed by atoms with Crippen LogP contribution >= 0.6 is 0 Å². The van der Waals surface area contributed by atoms with Crippen molar-refractivity contribution < 1.29 is 19.1 Å². The molecule has 0 aromatic rings. The highest BCUT2D eigenvalue weighted by Crippen LogP contribution is 2.47. The molecule has 1 aliphatic rings. The molecule has 0 fully saturated rings. The molecule has 2 amide bonds. The minimum Gasteiger partial charge on any atom is -0.463 e. The largest absolute Gasteiger partial charge is 0.463 e. The number of hydrogen-bond donors (Lipinski definition) is 0. The van der Waals surface area contributed by atoms with E-state index in [1.54, 1.807) is 0 Å². The van der Waals surface area contributed by atoms with Crippen LogP contribution in [0.4, 0.5) is 0 Å². The maximum Gasteiger partial charge on any atom is 0.312 e. The van der Waals surface area contributed by atoms with Gasteiger partial charge in [-0.2, -0.15) is 5.26 Å². The van der Waals surface area contributed by atoms with E-state index in [4.69, 9.17) is 4.74 Å². The summed E-state index contributed by atoms with van der Waals surface area (Å²) in [6.45, 7) is 23.0. The average Bonchev–Trinajstić information content (AvgIpc) is 2.62. The van der Waals surface area contributed by atoms with Crippen molar-refractivity contribution in [3.8, 4) is 6.07 Å². The number of hydrogen-bond acceptors (Lipinski definition) is 5. The number of nitriles is 1. The monoisotopic (exact) mass is 418 g/mol. The Labute approximate surface area is 182 Å². The van der Waals surface area contributed by atoms with Crippen LogP contribution in [0.5, 0.6) is 0 Å². The van der Waals surface area contributed by atoms with Crippen molar-refractivity contribution in [2.24, 2.45) is 16.2 Å². The fourth-order valence-corrected chi connectivity index (χ4v) is 3.29. The zero-order valence-electron chi connectivity index (χ0n) is 20.4. The molecule has 0 bridgehead atoms. The molecular weight excluding hydrogens is 380 g/mol. The number of esters is 1. The van der Waals surface area contributed by atoms with Crippen molar-refractivity contribution in [2.45, 2.75) is 75.7 Å². The van der Waals surface area contributed by atoms with Crippen LogP contribution in [0.1, 0.15) is 75.7 Å². The number of carbonyl (C=O) groups is 3. The fourth-order valence-electron chi connectivity index (χ4n) is 3.29. The van der Waals surface area contributed by atoms with E-state index in [1.165, 1.54) is 6.92 Å². The second-order valence-electron chi connectivity index (χ2n) is 9.81. The third kappa shape index (κ3) is 6.04. The van der Waals surface area contributed by atoms with Gasteiger partial charge in [0.1, 0.15) is 18.2 Å². The Morgan fingerprint density at radius 1 is 1.07 bits per heavy atom. The van der Waals surface area contributed by atoms with Gasteiger partial charge in [0.25, 0.3) is 11.8 Å². The quantitative estimate of drug-likeness (QED) is 0.363. The minimum absolute atomic E-state index is 0.0817. The zero-order valence-corrected chi connectivity index (χ0v) is 20.4. The summed E-state index contributed by atoms with van der Waals surface area (Å²) in [4.78, 5) is 38.6. The molecule has 1 rings (SSSR count). The molecule has 0 aromatic carbocycles. The second kappa shape index (κ2) is 10.1. The first-order chi connectivity index (χ1) is 13.6. The van der Waals surface area contributed by atoms with E-state index in [9.17, 15) is 19.6 Å². The summed E-state index contributed by atoms with van der Waals surface area (Å²) in [5.74, 6) is -1.61. The van der Waals surface area contributed by atoms with Gasteiger partial charge in [0.05, 0.1) is 12.0 Å². The first-order valence-electron chi connectivity index (χ1n) is 10.4. The second-order valence-corrected chi connectivity index (χ2v) is 9.81. The summed E-state index contributed by atoms with van der Waals surface area (Å²) < 4.78 is 5.50. The lowest BCUT2D eigenvalue weighted by atomic mass is 9.61. The molecule has 1 unspecified atom stereocenters. The number of nitrogens with zero attached hydrogens (tertiary/aromatic N) is 2. The van der Waals surface area contributed by atoms with Gasteiger partial charge in [0.2, 0.25) is 0 Å². The SMILES string of the molecule is C=C1C(=O)N(CCOC(=O)C(C)(CC(C)(C)C)C(C)(C)C)C(=O)C(C#N)=C1C.CC. The van der Waals surface area contributed by atoms with E-state index in [-0.39, 0.29) is 46.7 Å². The summed E-state index contributed by atoms with van der Waals surface area (Å²) in [6, 6.07) is 1.82. The minimum atomic E-state index is -0.737. The maximum atomic E-state index is 12.9. The van der Waals surface area contributed by atoms with E-state index in [2.05, 4.69) is 27.4 Å². The lowest BCUT2D eigenvalue weighted by Gasteiger charge is -2.43. The highest BCUT2D eigenvalue weighted by atomic mass is 16.5. The summed E-state index contributed by atoms with van der Waals surface area (Å²) in [7, 11) is 0. The molecular formula is C24H38N2O4. The molecule has 168 valence electrons. The van der Waals surface area contributed by atoms with E-state index >= 15 is 0 Å². The van der Waals surface area contributed by atoms with Crippen LogP contribution in [-0.4, -0.2) is 35.8 Å². The Kier molecular flexibility index (Phi) is 9.25. The predicted molar refractivity (Wildman–Crippen MR) is 118 cm³/mol. The highest BCUT2D eigenvalue weighted by molar-refractivity contribution is 6.17.